The molecule has 1 aromatic heterocycles. The predicted molar refractivity (Wildman–Crippen MR) is 109 cm³/mol. The normalized spacial score (nSPS) is 10.8. The summed E-state index contributed by atoms with van der Waals surface area (Å²) in [5, 5.41) is 4.91. The second-order valence-corrected chi connectivity index (χ2v) is 6.87. The SMILES string of the molecule is CCCn1nc(C(=O)OCC(=O)N(C)Cc2ccc(F)cc2)c2ccccc2c1=O. The Morgan fingerprint density at radius 1 is 1.10 bits per heavy atom. The van der Waals surface area contributed by atoms with E-state index in [4.69, 9.17) is 4.74 Å². The number of halogens is 1. The van der Waals surface area contributed by atoms with Crippen LogP contribution in [0.3, 0.4) is 0 Å². The first kappa shape index (κ1) is 21.2. The van der Waals surface area contributed by atoms with Crippen LogP contribution in [0.25, 0.3) is 10.8 Å². The van der Waals surface area contributed by atoms with Gasteiger partial charge in [0.05, 0.1) is 5.39 Å². The first-order valence-corrected chi connectivity index (χ1v) is 9.56. The van der Waals surface area contributed by atoms with Crippen molar-refractivity contribution >= 4 is 22.6 Å². The lowest BCUT2D eigenvalue weighted by molar-refractivity contribution is -0.133. The maximum absolute atomic E-state index is 13.0. The van der Waals surface area contributed by atoms with E-state index >= 15 is 0 Å². The van der Waals surface area contributed by atoms with Gasteiger partial charge >= 0.3 is 5.97 Å². The average molecular weight is 411 g/mol. The number of aromatic nitrogens is 2. The molecule has 0 radical (unpaired) electrons. The molecule has 0 aliphatic heterocycles. The number of hydrogen-bond donors (Lipinski definition) is 0. The maximum Gasteiger partial charge on any atom is 0.359 e. The van der Waals surface area contributed by atoms with Crippen LogP contribution >= 0.6 is 0 Å². The molecular weight excluding hydrogens is 389 g/mol. The lowest BCUT2D eigenvalue weighted by atomic mass is 10.1. The maximum atomic E-state index is 13.0. The molecular formula is C22H22FN3O4. The summed E-state index contributed by atoms with van der Waals surface area (Å²) in [6, 6.07) is 12.5. The summed E-state index contributed by atoms with van der Waals surface area (Å²) in [5.74, 6) is -1.55. The summed E-state index contributed by atoms with van der Waals surface area (Å²) in [7, 11) is 1.56. The van der Waals surface area contributed by atoms with Crippen LogP contribution in [0.5, 0.6) is 0 Å². The Morgan fingerprint density at radius 2 is 1.77 bits per heavy atom. The van der Waals surface area contributed by atoms with Gasteiger partial charge in [0.25, 0.3) is 11.5 Å². The first-order chi connectivity index (χ1) is 14.4. The van der Waals surface area contributed by atoms with Gasteiger partial charge in [-0.15, -0.1) is 0 Å². The van der Waals surface area contributed by atoms with Crippen LogP contribution in [-0.4, -0.2) is 40.2 Å². The van der Waals surface area contributed by atoms with E-state index in [-0.39, 0.29) is 23.6 Å². The lowest BCUT2D eigenvalue weighted by Crippen LogP contribution is -2.31. The molecule has 2 aromatic carbocycles. The van der Waals surface area contributed by atoms with Crippen molar-refractivity contribution in [1.82, 2.24) is 14.7 Å². The van der Waals surface area contributed by atoms with Crippen molar-refractivity contribution < 1.29 is 18.7 Å². The molecule has 1 heterocycles. The molecule has 8 heteroatoms. The van der Waals surface area contributed by atoms with Gasteiger partial charge in [-0.3, -0.25) is 9.59 Å². The second-order valence-electron chi connectivity index (χ2n) is 6.87. The van der Waals surface area contributed by atoms with E-state index in [0.29, 0.717) is 23.7 Å². The summed E-state index contributed by atoms with van der Waals surface area (Å²) in [5.41, 5.74) is 0.463. The number of hydrogen-bond acceptors (Lipinski definition) is 5. The number of carbonyl (C=O) groups excluding carboxylic acids is 2. The number of rotatable bonds is 7. The number of ether oxygens (including phenoxy) is 1. The van der Waals surface area contributed by atoms with Crippen LogP contribution in [0, 0.1) is 5.82 Å². The summed E-state index contributed by atoms with van der Waals surface area (Å²) in [6.45, 7) is 2.04. The zero-order valence-corrected chi connectivity index (χ0v) is 16.8. The third-order valence-electron chi connectivity index (χ3n) is 4.58. The van der Waals surface area contributed by atoms with Crippen LogP contribution in [0.1, 0.15) is 29.4 Å². The number of carbonyl (C=O) groups is 2. The van der Waals surface area contributed by atoms with Gasteiger partial charge in [0.15, 0.2) is 12.3 Å². The quantitative estimate of drug-likeness (QED) is 0.559. The third-order valence-corrected chi connectivity index (χ3v) is 4.58. The fourth-order valence-corrected chi connectivity index (χ4v) is 3.01. The lowest BCUT2D eigenvalue weighted by Gasteiger charge is -2.17. The van der Waals surface area contributed by atoms with Crippen LogP contribution < -0.4 is 5.56 Å². The summed E-state index contributed by atoms with van der Waals surface area (Å²) in [6.07, 6.45) is 0.673. The molecule has 0 fully saturated rings. The number of aryl methyl sites for hydroxylation is 1. The molecule has 0 atom stereocenters. The number of amides is 1. The van der Waals surface area contributed by atoms with E-state index in [1.165, 1.54) is 21.7 Å². The molecule has 7 nitrogen and oxygen atoms in total. The van der Waals surface area contributed by atoms with E-state index in [2.05, 4.69) is 5.10 Å². The number of fused-ring (bicyclic) bond motifs is 1. The minimum atomic E-state index is -0.778. The van der Waals surface area contributed by atoms with Gasteiger partial charge < -0.3 is 9.64 Å². The fourth-order valence-electron chi connectivity index (χ4n) is 3.01. The number of nitrogens with zero attached hydrogens (tertiary/aromatic N) is 3. The van der Waals surface area contributed by atoms with Gasteiger partial charge in [0.1, 0.15) is 5.82 Å². The average Bonchev–Trinajstić information content (AvgIpc) is 2.75. The van der Waals surface area contributed by atoms with Crippen molar-refractivity contribution in [2.24, 2.45) is 0 Å². The van der Waals surface area contributed by atoms with E-state index in [0.717, 1.165) is 5.56 Å². The molecule has 3 aromatic rings. The van der Waals surface area contributed by atoms with Crippen LogP contribution in [-0.2, 0) is 22.6 Å². The van der Waals surface area contributed by atoms with Crippen LogP contribution in [0.15, 0.2) is 53.3 Å². The standard InChI is InChI=1S/C22H22FN3O4/c1-3-12-26-21(28)18-7-5-4-6-17(18)20(24-26)22(29)30-14-19(27)25(2)13-15-8-10-16(23)11-9-15/h4-11H,3,12-14H2,1-2H3. The Kier molecular flexibility index (Phi) is 6.56. The molecule has 0 N–H and O–H groups in total. The molecule has 156 valence electrons. The third kappa shape index (κ3) is 4.71. The fraction of sp³-hybridized carbons (Fsp3) is 0.273. The first-order valence-electron chi connectivity index (χ1n) is 9.56. The van der Waals surface area contributed by atoms with Crippen LogP contribution in [0.2, 0.25) is 0 Å². The molecule has 0 aliphatic carbocycles. The Bertz CT molecular complexity index is 1130. The van der Waals surface area contributed by atoms with Gasteiger partial charge in [-0.2, -0.15) is 5.10 Å². The molecule has 30 heavy (non-hydrogen) atoms. The molecule has 0 aliphatic rings. The van der Waals surface area contributed by atoms with Crippen molar-refractivity contribution in [1.29, 1.82) is 0 Å². The van der Waals surface area contributed by atoms with Crippen molar-refractivity contribution in [3.8, 4) is 0 Å². The summed E-state index contributed by atoms with van der Waals surface area (Å²) >= 11 is 0. The number of likely N-dealkylation sites (N-methyl/N-ethyl adjacent to an activating group) is 1. The zero-order chi connectivity index (χ0) is 21.7. The smallest absolute Gasteiger partial charge is 0.359 e. The predicted octanol–water partition coefficient (Wildman–Crippen LogP) is 2.76. The minimum absolute atomic E-state index is 0.00682. The highest BCUT2D eigenvalue weighted by Crippen LogP contribution is 2.14. The van der Waals surface area contributed by atoms with E-state index in [1.54, 1.807) is 43.4 Å². The van der Waals surface area contributed by atoms with Crippen LogP contribution in [0.4, 0.5) is 4.39 Å². The van der Waals surface area contributed by atoms with Gasteiger partial charge in [0, 0.05) is 25.5 Å². The Hall–Kier alpha value is -3.55. The molecule has 0 saturated carbocycles. The second kappa shape index (κ2) is 9.30. The highest BCUT2D eigenvalue weighted by Gasteiger charge is 2.20. The van der Waals surface area contributed by atoms with E-state index in [9.17, 15) is 18.8 Å². The molecule has 0 saturated heterocycles. The molecule has 1 amide bonds. The Balaban J connectivity index is 1.73. The highest BCUT2D eigenvalue weighted by molar-refractivity contribution is 6.02. The van der Waals surface area contributed by atoms with Gasteiger partial charge in [0.2, 0.25) is 0 Å². The van der Waals surface area contributed by atoms with Crippen molar-refractivity contribution in [2.45, 2.75) is 26.4 Å². The highest BCUT2D eigenvalue weighted by atomic mass is 19.1. The van der Waals surface area contributed by atoms with E-state index in [1.807, 2.05) is 6.92 Å². The van der Waals surface area contributed by atoms with Gasteiger partial charge in [-0.05, 0) is 30.2 Å². The molecule has 0 bridgehead atoms. The van der Waals surface area contributed by atoms with Gasteiger partial charge in [-0.1, -0.05) is 37.3 Å². The number of esters is 1. The Labute approximate surface area is 172 Å². The monoisotopic (exact) mass is 411 g/mol. The molecule has 0 unspecified atom stereocenters. The molecule has 3 rings (SSSR count). The summed E-state index contributed by atoms with van der Waals surface area (Å²) in [4.78, 5) is 38.9. The van der Waals surface area contributed by atoms with Gasteiger partial charge in [-0.25, -0.2) is 13.9 Å². The minimum Gasteiger partial charge on any atom is -0.451 e. The number of benzene rings is 2. The zero-order valence-electron chi connectivity index (χ0n) is 16.8. The largest absolute Gasteiger partial charge is 0.451 e. The van der Waals surface area contributed by atoms with Crippen molar-refractivity contribution in [2.75, 3.05) is 13.7 Å². The molecule has 0 spiro atoms. The van der Waals surface area contributed by atoms with Crippen molar-refractivity contribution in [3.63, 3.8) is 0 Å². The Morgan fingerprint density at radius 3 is 2.43 bits per heavy atom. The summed E-state index contributed by atoms with van der Waals surface area (Å²) < 4.78 is 19.4. The van der Waals surface area contributed by atoms with Crippen molar-refractivity contribution in [3.05, 3.63) is 76.0 Å². The topological polar surface area (TPSA) is 81.5 Å². The van der Waals surface area contributed by atoms with E-state index < -0.39 is 18.5 Å².